The molecule has 0 saturated carbocycles. The van der Waals surface area contributed by atoms with Crippen LogP contribution in [0.2, 0.25) is 0 Å². The summed E-state index contributed by atoms with van der Waals surface area (Å²) >= 11 is 0. The van der Waals surface area contributed by atoms with Crippen molar-refractivity contribution in [3.63, 3.8) is 0 Å². The van der Waals surface area contributed by atoms with Crippen molar-refractivity contribution in [2.45, 2.75) is 6.10 Å². The lowest BCUT2D eigenvalue weighted by molar-refractivity contribution is 0.230. The summed E-state index contributed by atoms with van der Waals surface area (Å²) in [7, 11) is 1.98. The fourth-order valence-electron chi connectivity index (χ4n) is 1.92. The van der Waals surface area contributed by atoms with Crippen LogP contribution in [0.5, 0.6) is 0 Å². The van der Waals surface area contributed by atoms with Crippen LogP contribution in [0.15, 0.2) is 66.7 Å². The van der Waals surface area contributed by atoms with Crippen molar-refractivity contribution >= 4 is 11.8 Å². The molecule has 0 aliphatic carbocycles. The van der Waals surface area contributed by atoms with Crippen LogP contribution in [0.4, 0.5) is 5.69 Å². The minimum absolute atomic E-state index is 0.481. The average molecular weight is 253 g/mol. The van der Waals surface area contributed by atoms with Crippen molar-refractivity contribution in [3.8, 4) is 0 Å². The lowest BCUT2D eigenvalue weighted by Crippen LogP contribution is -2.27. The third kappa shape index (κ3) is 4.27. The minimum atomic E-state index is -0.481. The van der Waals surface area contributed by atoms with E-state index in [-0.39, 0.29) is 0 Å². The zero-order chi connectivity index (χ0) is 13.5. The van der Waals surface area contributed by atoms with E-state index in [4.69, 9.17) is 0 Å². The quantitative estimate of drug-likeness (QED) is 0.884. The Morgan fingerprint density at radius 2 is 1.58 bits per heavy atom. The van der Waals surface area contributed by atoms with E-state index in [0.29, 0.717) is 6.54 Å². The lowest BCUT2D eigenvalue weighted by atomic mass is 10.2. The number of nitrogens with zero attached hydrogens (tertiary/aromatic N) is 1. The maximum Gasteiger partial charge on any atom is 0.0898 e. The maximum atomic E-state index is 10.0. The molecule has 2 rings (SSSR count). The highest BCUT2D eigenvalue weighted by Crippen LogP contribution is 2.11. The summed E-state index contributed by atoms with van der Waals surface area (Å²) in [6.07, 6.45) is 3.29. The highest BCUT2D eigenvalue weighted by molar-refractivity contribution is 5.50. The molecule has 2 heteroatoms. The van der Waals surface area contributed by atoms with Crippen LogP contribution in [-0.2, 0) is 0 Å². The van der Waals surface area contributed by atoms with Crippen LogP contribution >= 0.6 is 0 Å². The van der Waals surface area contributed by atoms with E-state index in [0.717, 1.165) is 11.3 Å². The van der Waals surface area contributed by atoms with Crippen molar-refractivity contribution in [1.82, 2.24) is 0 Å². The normalized spacial score (nSPS) is 12.5. The molecule has 0 aliphatic rings. The molecule has 0 spiro atoms. The maximum absolute atomic E-state index is 10.0. The van der Waals surface area contributed by atoms with Gasteiger partial charge < -0.3 is 10.0 Å². The van der Waals surface area contributed by atoms with Crippen LogP contribution in [0.3, 0.4) is 0 Å². The molecule has 2 aromatic carbocycles. The molecule has 0 aliphatic heterocycles. The monoisotopic (exact) mass is 253 g/mol. The first-order valence-electron chi connectivity index (χ1n) is 6.43. The van der Waals surface area contributed by atoms with E-state index in [2.05, 4.69) is 0 Å². The lowest BCUT2D eigenvalue weighted by Gasteiger charge is -2.21. The molecule has 0 radical (unpaired) electrons. The fraction of sp³-hybridized carbons (Fsp3) is 0.176. The first kappa shape index (κ1) is 13.4. The number of aliphatic hydroxyl groups excluding tert-OH is 1. The first-order chi connectivity index (χ1) is 9.25. The Hall–Kier alpha value is -2.06. The van der Waals surface area contributed by atoms with Crippen molar-refractivity contribution in [2.75, 3.05) is 18.5 Å². The van der Waals surface area contributed by atoms with Gasteiger partial charge >= 0.3 is 0 Å². The van der Waals surface area contributed by atoms with Gasteiger partial charge in [0.25, 0.3) is 0 Å². The number of hydrogen-bond donors (Lipinski definition) is 1. The van der Waals surface area contributed by atoms with Gasteiger partial charge in [0, 0.05) is 19.3 Å². The molecule has 0 heterocycles. The predicted molar refractivity (Wildman–Crippen MR) is 81.2 cm³/mol. The van der Waals surface area contributed by atoms with Crippen LogP contribution in [0, 0.1) is 0 Å². The average Bonchev–Trinajstić information content (AvgIpc) is 2.47. The number of aliphatic hydroxyl groups is 1. The van der Waals surface area contributed by atoms with Gasteiger partial charge in [0.15, 0.2) is 0 Å². The molecular formula is C17H19NO. The summed E-state index contributed by atoms with van der Waals surface area (Å²) < 4.78 is 0. The third-order valence-corrected chi connectivity index (χ3v) is 2.97. The molecule has 19 heavy (non-hydrogen) atoms. The molecule has 1 unspecified atom stereocenters. The Bertz CT molecular complexity index is 507. The Labute approximate surface area is 114 Å². The van der Waals surface area contributed by atoms with Crippen LogP contribution in [0.1, 0.15) is 5.56 Å². The summed E-state index contributed by atoms with van der Waals surface area (Å²) in [4.78, 5) is 2.04. The number of anilines is 1. The molecule has 1 atom stereocenters. The standard InChI is InChI=1S/C17H19NO/c1-18(16-10-6-3-7-11-16)14-17(19)13-12-15-8-4-2-5-9-15/h2-13,17,19H,14H2,1H3/b13-12+. The Balaban J connectivity index is 1.91. The van der Waals surface area contributed by atoms with E-state index in [9.17, 15) is 5.11 Å². The first-order valence-corrected chi connectivity index (χ1v) is 6.43. The summed E-state index contributed by atoms with van der Waals surface area (Å²) in [6, 6.07) is 20.1. The van der Waals surface area contributed by atoms with E-state index < -0.39 is 6.10 Å². The fourth-order valence-corrected chi connectivity index (χ4v) is 1.92. The van der Waals surface area contributed by atoms with Gasteiger partial charge in [0.2, 0.25) is 0 Å². The largest absolute Gasteiger partial charge is 0.387 e. The number of para-hydroxylation sites is 1. The minimum Gasteiger partial charge on any atom is -0.387 e. The summed E-state index contributed by atoms with van der Waals surface area (Å²) in [5, 5.41) is 10.0. The number of hydrogen-bond acceptors (Lipinski definition) is 2. The second-order valence-corrected chi connectivity index (χ2v) is 4.55. The molecule has 0 aromatic heterocycles. The molecule has 1 N–H and O–H groups in total. The van der Waals surface area contributed by atoms with Gasteiger partial charge in [-0.2, -0.15) is 0 Å². The molecule has 0 fully saturated rings. The van der Waals surface area contributed by atoms with Gasteiger partial charge in [-0.25, -0.2) is 0 Å². The SMILES string of the molecule is CN(CC(O)/C=C/c1ccccc1)c1ccccc1. The van der Waals surface area contributed by atoms with Gasteiger partial charge in [0.05, 0.1) is 6.10 Å². The van der Waals surface area contributed by atoms with Gasteiger partial charge in [0.1, 0.15) is 0 Å². The van der Waals surface area contributed by atoms with Crippen molar-refractivity contribution in [1.29, 1.82) is 0 Å². The van der Waals surface area contributed by atoms with Gasteiger partial charge in [-0.05, 0) is 17.7 Å². The Kier molecular flexibility index (Phi) is 4.76. The zero-order valence-electron chi connectivity index (χ0n) is 11.1. The number of benzene rings is 2. The number of likely N-dealkylation sites (N-methyl/N-ethyl adjacent to an activating group) is 1. The van der Waals surface area contributed by atoms with Gasteiger partial charge in [-0.15, -0.1) is 0 Å². The molecule has 0 saturated heterocycles. The second-order valence-electron chi connectivity index (χ2n) is 4.55. The van der Waals surface area contributed by atoms with Crippen LogP contribution in [-0.4, -0.2) is 24.8 Å². The van der Waals surface area contributed by atoms with E-state index in [1.165, 1.54) is 0 Å². The molecule has 2 aromatic rings. The molecule has 0 amide bonds. The van der Waals surface area contributed by atoms with Crippen molar-refractivity contribution in [2.24, 2.45) is 0 Å². The third-order valence-electron chi connectivity index (χ3n) is 2.97. The van der Waals surface area contributed by atoms with E-state index in [1.54, 1.807) is 0 Å². The van der Waals surface area contributed by atoms with E-state index in [1.807, 2.05) is 84.8 Å². The number of rotatable bonds is 5. The molecule has 98 valence electrons. The van der Waals surface area contributed by atoms with Gasteiger partial charge in [-0.1, -0.05) is 60.7 Å². The second kappa shape index (κ2) is 6.76. The Morgan fingerprint density at radius 1 is 1.00 bits per heavy atom. The zero-order valence-corrected chi connectivity index (χ0v) is 11.1. The van der Waals surface area contributed by atoms with Crippen LogP contribution < -0.4 is 4.90 Å². The summed E-state index contributed by atoms with van der Waals surface area (Å²) in [5.41, 5.74) is 2.21. The highest BCUT2D eigenvalue weighted by Gasteiger charge is 2.05. The van der Waals surface area contributed by atoms with Crippen LogP contribution in [0.25, 0.3) is 6.08 Å². The summed E-state index contributed by atoms with van der Waals surface area (Å²) in [6.45, 7) is 0.577. The summed E-state index contributed by atoms with van der Waals surface area (Å²) in [5.74, 6) is 0. The smallest absolute Gasteiger partial charge is 0.0898 e. The molecule has 0 bridgehead atoms. The van der Waals surface area contributed by atoms with Gasteiger partial charge in [-0.3, -0.25) is 0 Å². The van der Waals surface area contributed by atoms with Crippen molar-refractivity contribution < 1.29 is 5.11 Å². The highest BCUT2D eigenvalue weighted by atomic mass is 16.3. The topological polar surface area (TPSA) is 23.5 Å². The van der Waals surface area contributed by atoms with Crippen molar-refractivity contribution in [3.05, 3.63) is 72.3 Å². The Morgan fingerprint density at radius 3 is 2.21 bits per heavy atom. The molecule has 2 nitrogen and oxygen atoms in total. The van der Waals surface area contributed by atoms with E-state index >= 15 is 0 Å². The molecular weight excluding hydrogens is 234 g/mol. The predicted octanol–water partition coefficient (Wildman–Crippen LogP) is 3.20.